The van der Waals surface area contributed by atoms with E-state index in [1.165, 1.54) is 0 Å². The summed E-state index contributed by atoms with van der Waals surface area (Å²) in [6, 6.07) is 94.2. The molecule has 11 aromatic carbocycles. The van der Waals surface area contributed by atoms with Crippen molar-refractivity contribution in [3.8, 4) is 73.9 Å². The molecule has 3 aromatic heterocycles. The minimum Gasteiger partial charge on any atom is -0.309 e. The number of nitriles is 1. The van der Waals surface area contributed by atoms with Crippen molar-refractivity contribution in [1.82, 2.24) is 24.1 Å². The van der Waals surface area contributed by atoms with Crippen LogP contribution in [0.4, 0.5) is 0 Å². The van der Waals surface area contributed by atoms with Gasteiger partial charge in [-0.2, -0.15) is 5.26 Å². The Kier molecular flexibility index (Phi) is 17.5. The molecule has 10 nitrogen and oxygen atoms in total. The molecule has 0 spiro atoms. The molecule has 0 N–H and O–H groups in total. The molecule has 0 aliphatic carbocycles. The molecule has 0 bridgehead atoms. The normalized spacial score (nSPS) is 12.5. The zero-order valence-electron chi connectivity index (χ0n) is 53.2. The Hall–Kier alpha value is -12.0. The number of rotatable bonds is 16. The number of aromatic nitrogens is 5. The van der Waals surface area contributed by atoms with Crippen molar-refractivity contribution in [2.75, 3.05) is 6.16 Å². The molecule has 0 fully saturated rings. The second-order valence-electron chi connectivity index (χ2n) is 23.1. The van der Waals surface area contributed by atoms with Gasteiger partial charge in [-0.3, -0.25) is 0 Å². The van der Waals surface area contributed by atoms with Gasteiger partial charge in [-0.15, -0.1) is 8.20 Å². The number of hydrogen-bond donors (Lipinski definition) is 0. The lowest BCUT2D eigenvalue weighted by Crippen LogP contribution is -2.05. The number of aliphatic imine (C=N–C) groups is 4. The van der Waals surface area contributed by atoms with Crippen molar-refractivity contribution >= 4 is 107 Å². The highest BCUT2D eigenvalue weighted by Crippen LogP contribution is 2.44. The molecule has 14 rings (SSSR count). The number of amidine groups is 2. The highest BCUT2D eigenvalue weighted by Gasteiger charge is 2.25. The zero-order valence-corrected chi connectivity index (χ0v) is 55.0. The van der Waals surface area contributed by atoms with E-state index in [0.717, 1.165) is 148 Å². The summed E-state index contributed by atoms with van der Waals surface area (Å²) in [5.74, 6) is 2.18. The van der Waals surface area contributed by atoms with E-state index in [9.17, 15) is 5.26 Å². The van der Waals surface area contributed by atoms with Crippen LogP contribution < -0.4 is 0 Å². The number of allylic oxidation sites excluding steroid dienone is 1. The molecule has 0 saturated heterocycles. The Morgan fingerprint density at radius 2 is 1.00 bits per heavy atom. The van der Waals surface area contributed by atoms with Crippen LogP contribution in [0.5, 0.6) is 0 Å². The third kappa shape index (κ3) is 12.3. The number of fused-ring (bicyclic) bond motifs is 6. The van der Waals surface area contributed by atoms with Gasteiger partial charge in [0.15, 0.2) is 28.9 Å². The topological polar surface area (TPSA) is 122 Å². The molecule has 96 heavy (non-hydrogen) atoms. The van der Waals surface area contributed by atoms with Crippen LogP contribution in [0.3, 0.4) is 0 Å². The monoisotopic (exact) mass is 1270 g/mol. The van der Waals surface area contributed by atoms with Crippen LogP contribution >= 0.6 is 16.4 Å². The van der Waals surface area contributed by atoms with E-state index in [-0.39, 0.29) is 0 Å². The number of para-hydroxylation sites is 2. The number of nitrogens with zero attached hydrogens (tertiary/aromatic N) is 10. The lowest BCUT2D eigenvalue weighted by molar-refractivity contribution is 1.07. The molecule has 458 valence electrons. The molecule has 0 aliphatic heterocycles. The van der Waals surface area contributed by atoms with E-state index in [2.05, 4.69) is 180 Å². The molecular weight excluding hydrogens is 1210 g/mol. The van der Waals surface area contributed by atoms with Crippen molar-refractivity contribution in [2.45, 2.75) is 20.8 Å². The van der Waals surface area contributed by atoms with E-state index in [1.54, 1.807) is 0 Å². The smallest absolute Gasteiger partial charge is 0.179 e. The molecule has 12 heteroatoms. The molecule has 0 unspecified atom stereocenters. The Bertz CT molecular complexity index is 5520. The molecule has 0 aliphatic rings. The first-order chi connectivity index (χ1) is 47.1. The molecule has 0 radical (unpaired) electrons. The Labute approximate surface area is 561 Å². The summed E-state index contributed by atoms with van der Waals surface area (Å²) < 4.78 is 4.71. The fraction of sp³-hybridized carbons (Fsp3) is 0.0476. The van der Waals surface area contributed by atoms with Gasteiger partial charge in [0.25, 0.3) is 0 Å². The van der Waals surface area contributed by atoms with E-state index >= 15 is 0 Å². The first kappa shape index (κ1) is 61.5. The highest BCUT2D eigenvalue weighted by atomic mass is 31.1. The average molecular weight is 1270 g/mol. The maximum Gasteiger partial charge on any atom is 0.179 e. The van der Waals surface area contributed by atoms with Crippen LogP contribution in [0, 0.1) is 11.3 Å². The predicted octanol–water partition coefficient (Wildman–Crippen LogP) is 21.1. The maximum absolute atomic E-state index is 10.00. The second kappa shape index (κ2) is 27.3. The zero-order chi connectivity index (χ0) is 65.7. The summed E-state index contributed by atoms with van der Waals surface area (Å²) >= 11 is 0. The molecule has 0 atom stereocenters. The first-order valence-electron chi connectivity index (χ1n) is 31.5. The third-order valence-electron chi connectivity index (χ3n) is 17.1. The second-order valence-corrected chi connectivity index (χ2v) is 24.6. The van der Waals surface area contributed by atoms with Crippen molar-refractivity contribution in [1.29, 1.82) is 5.26 Å². The van der Waals surface area contributed by atoms with Crippen LogP contribution in [0.2, 0.25) is 0 Å². The van der Waals surface area contributed by atoms with Gasteiger partial charge in [0.1, 0.15) is 0 Å². The van der Waals surface area contributed by atoms with Gasteiger partial charge in [0.2, 0.25) is 0 Å². The van der Waals surface area contributed by atoms with Crippen LogP contribution in [0.1, 0.15) is 48.6 Å². The molecule has 14 aromatic rings. The molecule has 0 saturated carbocycles. The van der Waals surface area contributed by atoms with Gasteiger partial charge in [0, 0.05) is 78.2 Å². The largest absolute Gasteiger partial charge is 0.309 e. The molecular formula is C84H62N10P2. The van der Waals surface area contributed by atoms with Gasteiger partial charge in [-0.05, 0) is 142 Å². The number of benzene rings is 11. The van der Waals surface area contributed by atoms with Crippen molar-refractivity contribution in [3.63, 3.8) is 0 Å². The van der Waals surface area contributed by atoms with Gasteiger partial charge in [0.05, 0.1) is 50.8 Å². The minimum atomic E-state index is 0.498. The third-order valence-corrected chi connectivity index (χ3v) is 18.2. The quantitative estimate of drug-likeness (QED) is 0.0543. The summed E-state index contributed by atoms with van der Waals surface area (Å²) in [6.07, 6.45) is 10.9. The van der Waals surface area contributed by atoms with Crippen molar-refractivity contribution in [3.05, 3.63) is 307 Å². The fourth-order valence-corrected chi connectivity index (χ4v) is 13.2. The Morgan fingerprint density at radius 3 is 1.61 bits per heavy atom. The Morgan fingerprint density at radius 1 is 0.458 bits per heavy atom. The maximum atomic E-state index is 10.00. The van der Waals surface area contributed by atoms with E-state index < -0.39 is 0 Å². The average Bonchev–Trinajstić information content (AvgIpc) is 1.57. The lowest BCUT2D eigenvalue weighted by atomic mass is 9.92. The number of hydrogen-bond acceptors (Lipinski definition) is 6. The predicted molar refractivity (Wildman–Crippen MR) is 408 cm³/mol. The van der Waals surface area contributed by atoms with Crippen LogP contribution in [0.15, 0.2) is 300 Å². The summed E-state index contributed by atoms with van der Waals surface area (Å²) in [4.78, 5) is 36.5. The van der Waals surface area contributed by atoms with Crippen LogP contribution in [0.25, 0.3) is 123 Å². The standard InChI is InChI=1S/C84H62N10P2/c1-7-74(60-26-14-9-15-27-60)89-82(87-55(3)58-24-12-8-13-25-58)65-42-47-77-72(50-65)67-32-20-22-34-75(67)93(77)66-43-44-69(83-91-80(61-28-16-10-17-29-61)90-81(92-83)62-30-18-11-19-31-62)70(51-66)73-49-64(59-38-36-57(52-85)37-39-59)41-46-79(73)94-76-35-23-21-33-68(76)71-48-63(40-45-78(71)94)56(4)88-84(96-6)86-54(2)53-95-5/h7-51H,4-6,53H2,1-3H3/b74-7-,86-54?,87-55?,88-84?,89-82?. The van der Waals surface area contributed by atoms with Crippen molar-refractivity contribution < 1.29 is 0 Å². The highest BCUT2D eigenvalue weighted by molar-refractivity contribution is 7.56. The Balaban J connectivity index is 1.04. The van der Waals surface area contributed by atoms with Crippen LogP contribution in [-0.4, -0.2) is 65.7 Å². The first-order valence-corrected chi connectivity index (χ1v) is 33.9. The van der Waals surface area contributed by atoms with Gasteiger partial charge < -0.3 is 9.13 Å². The van der Waals surface area contributed by atoms with E-state index in [1.807, 2.05) is 148 Å². The summed E-state index contributed by atoms with van der Waals surface area (Å²) in [6.45, 7) is 10.5. The summed E-state index contributed by atoms with van der Waals surface area (Å²) in [7, 11) is 1.67. The van der Waals surface area contributed by atoms with Gasteiger partial charge >= 0.3 is 0 Å². The lowest BCUT2D eigenvalue weighted by Gasteiger charge is -2.20. The van der Waals surface area contributed by atoms with E-state index in [0.29, 0.717) is 48.4 Å². The SMILES string of the molecule is C=PCC(C)=NC(=NC(=C)c1ccc2c(c1)c1ccccc1n2-c1ccc(-c2ccc(C#N)cc2)cc1-c1cc(-n2c3ccccc3c3cc(C(N=C(C)c4ccccc4)=N/C(=C\C)c4ccccc4)ccc32)ccc1-c1nc(-c2ccccc2)nc(-c2ccccc2)n1)P=C. The summed E-state index contributed by atoms with van der Waals surface area (Å²) in [5.41, 5.74) is 20.1. The molecule has 0 amide bonds. The van der Waals surface area contributed by atoms with Gasteiger partial charge in [-0.1, -0.05) is 207 Å². The fourth-order valence-electron chi connectivity index (χ4n) is 12.4. The van der Waals surface area contributed by atoms with Crippen LogP contribution in [-0.2, 0) is 0 Å². The molecule has 3 heterocycles. The minimum absolute atomic E-state index is 0.498. The van der Waals surface area contributed by atoms with Gasteiger partial charge in [-0.25, -0.2) is 34.9 Å². The van der Waals surface area contributed by atoms with E-state index in [4.69, 9.17) is 34.9 Å². The van der Waals surface area contributed by atoms with Crippen molar-refractivity contribution in [2.24, 2.45) is 20.0 Å². The summed E-state index contributed by atoms with van der Waals surface area (Å²) in [5, 5.41) is 14.2.